The molecule has 0 aliphatic carbocycles. The van der Waals surface area contributed by atoms with Gasteiger partial charge in [0, 0.05) is 13.1 Å². The summed E-state index contributed by atoms with van der Waals surface area (Å²) in [5, 5.41) is 0. The van der Waals surface area contributed by atoms with Crippen molar-refractivity contribution in [1.29, 1.82) is 0 Å². The van der Waals surface area contributed by atoms with Crippen molar-refractivity contribution in [3.8, 4) is 23.0 Å². The van der Waals surface area contributed by atoms with Crippen molar-refractivity contribution in [3.63, 3.8) is 0 Å². The molecule has 1 fully saturated rings. The van der Waals surface area contributed by atoms with Crippen molar-refractivity contribution in [2.45, 2.75) is 30.3 Å². The quantitative estimate of drug-likeness (QED) is 0.309. The number of thioether (sulfide) groups is 2. The summed E-state index contributed by atoms with van der Waals surface area (Å²) in [6.45, 7) is 4.44. The third-order valence-corrected chi connectivity index (χ3v) is 9.68. The van der Waals surface area contributed by atoms with Crippen LogP contribution in [0, 0.1) is 5.92 Å². The maximum absolute atomic E-state index is 5.62. The Balaban J connectivity index is 0.00000432. The van der Waals surface area contributed by atoms with Crippen LogP contribution in [0.4, 0.5) is 0 Å². The Morgan fingerprint density at radius 2 is 1.43 bits per heavy atom. The second-order valence-electron chi connectivity index (χ2n) is 8.88. The molecule has 0 saturated carbocycles. The van der Waals surface area contributed by atoms with Crippen LogP contribution < -0.4 is 18.9 Å². The lowest BCUT2D eigenvalue weighted by Crippen LogP contribution is -2.32. The molecule has 5 nitrogen and oxygen atoms in total. The van der Waals surface area contributed by atoms with Gasteiger partial charge in [0.25, 0.3) is 0 Å². The first-order valence-corrected chi connectivity index (χ1v) is 13.8. The number of hydrogen-bond acceptors (Lipinski definition) is 7. The molecule has 196 valence electrons. The lowest BCUT2D eigenvalue weighted by atomic mass is 9.98. The number of ether oxygens (including phenoxy) is 4. The van der Waals surface area contributed by atoms with E-state index in [2.05, 4.69) is 66.7 Å². The molecule has 0 unspecified atom stereocenters. The normalized spacial score (nSPS) is 15.7. The number of methoxy groups -OCH3 is 4. The van der Waals surface area contributed by atoms with Crippen molar-refractivity contribution in [2.24, 2.45) is 5.92 Å². The van der Waals surface area contributed by atoms with Gasteiger partial charge in [0.05, 0.1) is 32.5 Å². The van der Waals surface area contributed by atoms with Crippen LogP contribution in [0.2, 0.25) is 0 Å². The van der Waals surface area contributed by atoms with E-state index in [1.807, 2.05) is 12.1 Å². The van der Waals surface area contributed by atoms with E-state index in [9.17, 15) is 0 Å². The molecule has 1 heterocycles. The predicted octanol–water partition coefficient (Wildman–Crippen LogP) is 6.37. The van der Waals surface area contributed by atoms with Gasteiger partial charge in [-0.25, -0.2) is 0 Å². The first-order chi connectivity index (χ1) is 16.4. The third kappa shape index (κ3) is 7.78. The molecule has 0 aromatic heterocycles. The van der Waals surface area contributed by atoms with Crippen LogP contribution in [0.3, 0.4) is 0 Å². The molecular weight excluding hydrogens is 502 g/mol. The largest absolute Gasteiger partial charge is 0.493 e. The fraction of sp³-hybridized carbons (Fsp3) is 0.556. The SMILES string of the molecule is COc1ccc(CCN(C)C[C@H](C)CC2(c3ccc(OC)c(OC)c3)SCCCS2)cc1OC.Cl. The van der Waals surface area contributed by atoms with E-state index in [1.54, 1.807) is 28.4 Å². The molecule has 0 bridgehead atoms. The van der Waals surface area contributed by atoms with Crippen LogP contribution in [0.15, 0.2) is 36.4 Å². The first-order valence-electron chi connectivity index (χ1n) is 11.8. The molecule has 0 N–H and O–H groups in total. The molecule has 0 amide bonds. The zero-order valence-corrected chi connectivity index (χ0v) is 24.2. The lowest BCUT2D eigenvalue weighted by molar-refractivity contribution is 0.277. The van der Waals surface area contributed by atoms with Gasteiger partial charge >= 0.3 is 0 Å². The van der Waals surface area contributed by atoms with Gasteiger partial charge in [-0.2, -0.15) is 0 Å². The summed E-state index contributed by atoms with van der Waals surface area (Å²) < 4.78 is 22.0. The fourth-order valence-corrected chi connectivity index (χ4v) is 8.20. The van der Waals surface area contributed by atoms with Gasteiger partial charge in [-0.05, 0) is 79.1 Å². The number of benzene rings is 2. The molecule has 1 aliphatic heterocycles. The number of hydrogen-bond donors (Lipinski definition) is 0. The molecule has 2 aromatic rings. The highest BCUT2D eigenvalue weighted by atomic mass is 35.5. The monoisotopic (exact) mass is 541 g/mol. The van der Waals surface area contributed by atoms with Gasteiger partial charge in [-0.15, -0.1) is 35.9 Å². The van der Waals surface area contributed by atoms with E-state index in [0.717, 1.165) is 48.9 Å². The third-order valence-electron chi connectivity index (χ3n) is 6.25. The van der Waals surface area contributed by atoms with Crippen molar-refractivity contribution >= 4 is 35.9 Å². The molecule has 8 heteroatoms. The van der Waals surface area contributed by atoms with E-state index < -0.39 is 0 Å². The summed E-state index contributed by atoms with van der Waals surface area (Å²) in [5.41, 5.74) is 2.59. The predicted molar refractivity (Wildman–Crippen MR) is 153 cm³/mol. The highest BCUT2D eigenvalue weighted by molar-refractivity contribution is 8.18. The second-order valence-corrected chi connectivity index (χ2v) is 11.9. The van der Waals surface area contributed by atoms with Crippen molar-refractivity contribution in [1.82, 2.24) is 4.90 Å². The number of likely N-dealkylation sites (N-methyl/N-ethyl adjacent to an activating group) is 1. The Hall–Kier alpha value is -1.41. The van der Waals surface area contributed by atoms with Crippen molar-refractivity contribution < 1.29 is 18.9 Å². The highest BCUT2D eigenvalue weighted by Gasteiger charge is 2.37. The molecule has 1 atom stereocenters. The van der Waals surface area contributed by atoms with Gasteiger partial charge in [-0.3, -0.25) is 0 Å². The van der Waals surface area contributed by atoms with E-state index in [1.165, 1.54) is 29.1 Å². The van der Waals surface area contributed by atoms with E-state index in [-0.39, 0.29) is 16.5 Å². The Kier molecular flexibility index (Phi) is 12.2. The number of halogens is 1. The zero-order chi connectivity index (χ0) is 24.6. The number of rotatable bonds is 12. The van der Waals surface area contributed by atoms with Crippen LogP contribution in [-0.4, -0.2) is 65.0 Å². The average molecular weight is 542 g/mol. The Labute approximate surface area is 226 Å². The minimum absolute atomic E-state index is 0. The Morgan fingerprint density at radius 3 is 2.03 bits per heavy atom. The summed E-state index contributed by atoms with van der Waals surface area (Å²) in [4.78, 5) is 2.45. The number of nitrogens with zero attached hydrogens (tertiary/aromatic N) is 1. The fourth-order valence-electron chi connectivity index (χ4n) is 4.55. The van der Waals surface area contributed by atoms with Crippen LogP contribution in [0.25, 0.3) is 0 Å². The topological polar surface area (TPSA) is 40.2 Å². The second kappa shape index (κ2) is 14.4. The summed E-state index contributed by atoms with van der Waals surface area (Å²) in [6.07, 6.45) is 3.37. The summed E-state index contributed by atoms with van der Waals surface area (Å²) in [6, 6.07) is 12.6. The minimum Gasteiger partial charge on any atom is -0.493 e. The highest BCUT2D eigenvalue weighted by Crippen LogP contribution is 2.55. The zero-order valence-electron chi connectivity index (χ0n) is 21.8. The van der Waals surface area contributed by atoms with Gasteiger partial charge in [-0.1, -0.05) is 19.1 Å². The van der Waals surface area contributed by atoms with Gasteiger partial charge in [0.2, 0.25) is 0 Å². The van der Waals surface area contributed by atoms with Crippen molar-refractivity contribution in [3.05, 3.63) is 47.5 Å². The van der Waals surface area contributed by atoms with Gasteiger partial charge in [0.15, 0.2) is 23.0 Å². The van der Waals surface area contributed by atoms with Crippen LogP contribution in [-0.2, 0) is 10.5 Å². The van der Waals surface area contributed by atoms with E-state index in [0.29, 0.717) is 5.92 Å². The maximum Gasteiger partial charge on any atom is 0.161 e. The smallest absolute Gasteiger partial charge is 0.161 e. The van der Waals surface area contributed by atoms with Crippen LogP contribution in [0.1, 0.15) is 30.9 Å². The average Bonchev–Trinajstić information content (AvgIpc) is 2.87. The molecule has 0 radical (unpaired) electrons. The van der Waals surface area contributed by atoms with Crippen LogP contribution >= 0.6 is 35.9 Å². The summed E-state index contributed by atoms with van der Waals surface area (Å²) >= 11 is 4.18. The Morgan fingerprint density at radius 1 is 0.857 bits per heavy atom. The molecule has 1 saturated heterocycles. The minimum atomic E-state index is 0. The first kappa shape index (κ1) is 29.8. The summed E-state index contributed by atoms with van der Waals surface area (Å²) in [5.74, 6) is 6.12. The summed E-state index contributed by atoms with van der Waals surface area (Å²) in [7, 11) is 8.99. The van der Waals surface area contributed by atoms with Gasteiger partial charge in [0.1, 0.15) is 0 Å². The molecular formula is C27H40ClNO4S2. The van der Waals surface area contributed by atoms with E-state index in [4.69, 9.17) is 18.9 Å². The molecule has 1 aliphatic rings. The molecule has 0 spiro atoms. The van der Waals surface area contributed by atoms with Gasteiger partial charge < -0.3 is 23.8 Å². The standard InChI is InChI=1S/C27H39NO4S2.ClH/c1-20(19-28(2)13-12-21-8-10-23(29-3)25(16-21)31-5)18-27(33-14-7-15-34-27)22-9-11-24(30-4)26(17-22)32-6;/h8-11,16-17,20H,7,12-15,18-19H2,1-6H3;1H/t20-;/m1./s1. The van der Waals surface area contributed by atoms with Crippen molar-refractivity contribution in [2.75, 3.05) is 60.1 Å². The lowest BCUT2D eigenvalue weighted by Gasteiger charge is -2.39. The maximum atomic E-state index is 5.62. The van der Waals surface area contributed by atoms with Crippen LogP contribution in [0.5, 0.6) is 23.0 Å². The van der Waals surface area contributed by atoms with E-state index >= 15 is 0 Å². The molecule has 35 heavy (non-hydrogen) atoms. The molecule has 2 aromatic carbocycles. The molecule has 3 rings (SSSR count). The Bertz CT molecular complexity index is 924.